The number of rotatable bonds is 4. The lowest BCUT2D eigenvalue weighted by Crippen LogP contribution is -2.21. The summed E-state index contributed by atoms with van der Waals surface area (Å²) in [7, 11) is -3.00. The first-order chi connectivity index (χ1) is 6.43. The SMILES string of the molecule is CC(C)S(=O)(=O)CCn1ccnc1N. The molecule has 14 heavy (non-hydrogen) atoms. The Kier molecular flexibility index (Phi) is 3.15. The van der Waals surface area contributed by atoms with Gasteiger partial charge in [-0.05, 0) is 13.8 Å². The van der Waals surface area contributed by atoms with Gasteiger partial charge in [0.1, 0.15) is 0 Å². The van der Waals surface area contributed by atoms with E-state index < -0.39 is 9.84 Å². The van der Waals surface area contributed by atoms with Crippen LogP contribution in [0.25, 0.3) is 0 Å². The zero-order valence-corrected chi connectivity index (χ0v) is 9.16. The summed E-state index contributed by atoms with van der Waals surface area (Å²) in [6.45, 7) is 3.71. The molecular formula is C8H15N3O2S. The van der Waals surface area contributed by atoms with Crippen LogP contribution in [0.4, 0.5) is 5.95 Å². The topological polar surface area (TPSA) is 78.0 Å². The molecule has 5 nitrogen and oxygen atoms in total. The number of hydrogen-bond donors (Lipinski definition) is 1. The Hall–Kier alpha value is -1.04. The molecular weight excluding hydrogens is 202 g/mol. The molecule has 80 valence electrons. The van der Waals surface area contributed by atoms with Crippen molar-refractivity contribution in [2.75, 3.05) is 11.5 Å². The maximum atomic E-state index is 11.5. The maximum Gasteiger partial charge on any atom is 0.200 e. The van der Waals surface area contributed by atoms with Crippen LogP contribution < -0.4 is 5.73 Å². The van der Waals surface area contributed by atoms with Crippen molar-refractivity contribution in [1.29, 1.82) is 0 Å². The lowest BCUT2D eigenvalue weighted by Gasteiger charge is -2.08. The van der Waals surface area contributed by atoms with E-state index in [0.717, 1.165) is 0 Å². The fourth-order valence-corrected chi connectivity index (χ4v) is 1.91. The van der Waals surface area contributed by atoms with Crippen LogP contribution in [0.3, 0.4) is 0 Å². The molecule has 0 atom stereocenters. The first-order valence-electron chi connectivity index (χ1n) is 4.41. The highest BCUT2D eigenvalue weighted by Crippen LogP contribution is 2.04. The third kappa shape index (κ3) is 2.47. The molecule has 0 amide bonds. The van der Waals surface area contributed by atoms with Crippen LogP contribution in [0.1, 0.15) is 13.8 Å². The Labute approximate surface area is 83.9 Å². The van der Waals surface area contributed by atoms with E-state index in [4.69, 9.17) is 5.73 Å². The van der Waals surface area contributed by atoms with Crippen molar-refractivity contribution in [3.63, 3.8) is 0 Å². The van der Waals surface area contributed by atoms with Crippen molar-refractivity contribution < 1.29 is 8.42 Å². The van der Waals surface area contributed by atoms with Crippen LogP contribution in [0.5, 0.6) is 0 Å². The standard InChI is InChI=1S/C8H15N3O2S/c1-7(2)14(12,13)6-5-11-4-3-10-8(11)9/h3-4,7H,5-6H2,1-2H3,(H2,9,10). The molecule has 6 heteroatoms. The molecule has 0 aliphatic heterocycles. The maximum absolute atomic E-state index is 11.5. The fourth-order valence-electron chi connectivity index (χ4n) is 0.991. The number of imidazole rings is 1. The van der Waals surface area contributed by atoms with E-state index >= 15 is 0 Å². The fraction of sp³-hybridized carbons (Fsp3) is 0.625. The van der Waals surface area contributed by atoms with Gasteiger partial charge in [-0.3, -0.25) is 0 Å². The molecule has 0 saturated carbocycles. The van der Waals surface area contributed by atoms with Crippen molar-refractivity contribution in [3.05, 3.63) is 12.4 Å². The van der Waals surface area contributed by atoms with Crippen LogP contribution in [-0.2, 0) is 16.4 Å². The average Bonchev–Trinajstić information content (AvgIpc) is 2.47. The van der Waals surface area contributed by atoms with Gasteiger partial charge >= 0.3 is 0 Å². The van der Waals surface area contributed by atoms with Crippen molar-refractivity contribution in [2.24, 2.45) is 0 Å². The first kappa shape index (κ1) is 11.0. The van der Waals surface area contributed by atoms with E-state index in [1.54, 1.807) is 30.8 Å². The summed E-state index contributed by atoms with van der Waals surface area (Å²) in [5, 5.41) is -0.341. The van der Waals surface area contributed by atoms with E-state index in [1.807, 2.05) is 0 Å². The van der Waals surface area contributed by atoms with Gasteiger partial charge < -0.3 is 10.3 Å². The van der Waals surface area contributed by atoms with Gasteiger partial charge in [-0.25, -0.2) is 13.4 Å². The van der Waals surface area contributed by atoms with Gasteiger partial charge in [0, 0.05) is 18.9 Å². The minimum Gasteiger partial charge on any atom is -0.369 e. The van der Waals surface area contributed by atoms with E-state index in [9.17, 15) is 8.42 Å². The second-order valence-electron chi connectivity index (χ2n) is 3.39. The normalized spacial score (nSPS) is 12.2. The quantitative estimate of drug-likeness (QED) is 0.786. The molecule has 0 aliphatic rings. The number of anilines is 1. The first-order valence-corrected chi connectivity index (χ1v) is 6.13. The van der Waals surface area contributed by atoms with Crippen molar-refractivity contribution in [3.8, 4) is 0 Å². The Morgan fingerprint density at radius 3 is 2.64 bits per heavy atom. The van der Waals surface area contributed by atoms with Gasteiger partial charge in [-0.2, -0.15) is 0 Å². The smallest absolute Gasteiger partial charge is 0.200 e. The Morgan fingerprint density at radius 1 is 1.57 bits per heavy atom. The van der Waals surface area contributed by atoms with Crippen molar-refractivity contribution in [1.82, 2.24) is 9.55 Å². The molecule has 0 aromatic carbocycles. The predicted molar refractivity (Wildman–Crippen MR) is 55.6 cm³/mol. The second-order valence-corrected chi connectivity index (χ2v) is 6.07. The molecule has 0 radical (unpaired) electrons. The summed E-state index contributed by atoms with van der Waals surface area (Å²) >= 11 is 0. The number of aryl methyl sites for hydroxylation is 1. The van der Waals surface area contributed by atoms with Gasteiger partial charge in [0.25, 0.3) is 0 Å². The minimum atomic E-state index is -3.00. The molecule has 1 aromatic rings. The number of sulfone groups is 1. The third-order valence-electron chi connectivity index (χ3n) is 2.08. The van der Waals surface area contributed by atoms with Gasteiger partial charge in [0.2, 0.25) is 0 Å². The number of nitrogens with two attached hydrogens (primary N) is 1. The van der Waals surface area contributed by atoms with Gasteiger partial charge in [-0.15, -0.1) is 0 Å². The molecule has 1 rings (SSSR count). The summed E-state index contributed by atoms with van der Waals surface area (Å²) in [5.41, 5.74) is 5.50. The zero-order valence-electron chi connectivity index (χ0n) is 8.34. The van der Waals surface area contributed by atoms with Crippen molar-refractivity contribution >= 4 is 15.8 Å². The third-order valence-corrected chi connectivity index (χ3v) is 4.27. The van der Waals surface area contributed by atoms with Crippen molar-refractivity contribution in [2.45, 2.75) is 25.6 Å². The largest absolute Gasteiger partial charge is 0.369 e. The van der Waals surface area contributed by atoms with E-state index in [2.05, 4.69) is 4.98 Å². The number of nitrogens with zero attached hydrogens (tertiary/aromatic N) is 2. The van der Waals surface area contributed by atoms with Gasteiger partial charge in [-0.1, -0.05) is 0 Å². The Bertz CT molecular complexity index is 394. The molecule has 2 N–H and O–H groups in total. The average molecular weight is 217 g/mol. The van der Waals surface area contributed by atoms with E-state index in [1.165, 1.54) is 0 Å². The summed E-state index contributed by atoms with van der Waals surface area (Å²) in [6.07, 6.45) is 3.22. The second kappa shape index (κ2) is 4.00. The lowest BCUT2D eigenvalue weighted by atomic mass is 10.6. The number of aromatic nitrogens is 2. The molecule has 0 bridgehead atoms. The minimum absolute atomic E-state index is 0.102. The molecule has 0 fully saturated rings. The van der Waals surface area contributed by atoms with Crippen LogP contribution in [-0.4, -0.2) is 29.0 Å². The molecule has 0 unspecified atom stereocenters. The molecule has 0 aliphatic carbocycles. The Morgan fingerprint density at radius 2 is 2.21 bits per heavy atom. The zero-order chi connectivity index (χ0) is 10.8. The van der Waals surface area contributed by atoms with Crippen LogP contribution in [0, 0.1) is 0 Å². The van der Waals surface area contributed by atoms with Crippen LogP contribution in [0.15, 0.2) is 12.4 Å². The molecule has 1 heterocycles. The molecule has 0 saturated heterocycles. The Balaban J connectivity index is 2.62. The highest BCUT2D eigenvalue weighted by molar-refractivity contribution is 7.91. The van der Waals surface area contributed by atoms with Crippen LogP contribution in [0.2, 0.25) is 0 Å². The van der Waals surface area contributed by atoms with E-state index in [0.29, 0.717) is 12.5 Å². The number of hydrogen-bond acceptors (Lipinski definition) is 4. The molecule has 0 spiro atoms. The lowest BCUT2D eigenvalue weighted by molar-refractivity contribution is 0.581. The molecule has 1 aromatic heterocycles. The highest BCUT2D eigenvalue weighted by atomic mass is 32.2. The van der Waals surface area contributed by atoms with E-state index in [-0.39, 0.29) is 11.0 Å². The highest BCUT2D eigenvalue weighted by Gasteiger charge is 2.15. The van der Waals surface area contributed by atoms with Gasteiger partial charge in [0.05, 0.1) is 11.0 Å². The number of nitrogen functional groups attached to an aromatic ring is 1. The van der Waals surface area contributed by atoms with Crippen LogP contribution >= 0.6 is 0 Å². The summed E-state index contributed by atoms with van der Waals surface area (Å²) < 4.78 is 24.5. The van der Waals surface area contributed by atoms with Gasteiger partial charge in [0.15, 0.2) is 15.8 Å². The summed E-state index contributed by atoms with van der Waals surface area (Å²) in [5.74, 6) is 0.453. The predicted octanol–water partition coefficient (Wildman–Crippen LogP) is 0.289. The monoisotopic (exact) mass is 217 g/mol. The summed E-state index contributed by atoms with van der Waals surface area (Å²) in [6, 6.07) is 0. The summed E-state index contributed by atoms with van der Waals surface area (Å²) in [4.78, 5) is 3.81.